The molecule has 0 heterocycles. The molecule has 0 aliphatic rings. The van der Waals surface area contributed by atoms with Crippen LogP contribution in [0.15, 0.2) is 121 Å². The first-order valence-electron chi connectivity index (χ1n) is 13.0. The lowest BCUT2D eigenvalue weighted by Crippen LogP contribution is -2.11. The number of carbonyl (C=O) groups excluding carboxylic acids is 2. The van der Waals surface area contributed by atoms with Crippen molar-refractivity contribution in [3.8, 4) is 23.0 Å². The Kier molecular flexibility index (Phi) is 8.52. The third-order valence-corrected chi connectivity index (χ3v) is 6.14. The van der Waals surface area contributed by atoms with Gasteiger partial charge in [0.2, 0.25) is 0 Å². The smallest absolute Gasteiger partial charge is 0.270 e. The van der Waals surface area contributed by atoms with Gasteiger partial charge in [-0.25, -0.2) is 0 Å². The third kappa shape index (κ3) is 7.39. The number of anilines is 2. The van der Waals surface area contributed by atoms with E-state index in [0.717, 1.165) is 0 Å². The average molecular weight is 591 g/mol. The minimum Gasteiger partial charge on any atom is -0.457 e. The monoisotopic (exact) mass is 590 g/mol. The van der Waals surface area contributed by atoms with Crippen LogP contribution in [0.25, 0.3) is 0 Å². The highest BCUT2D eigenvalue weighted by Gasteiger charge is 2.13. The molecule has 0 spiro atoms. The zero-order valence-corrected chi connectivity index (χ0v) is 22.7. The third-order valence-electron chi connectivity index (χ3n) is 6.14. The summed E-state index contributed by atoms with van der Waals surface area (Å²) in [5.74, 6) is 1.03. The van der Waals surface area contributed by atoms with Crippen LogP contribution in [-0.2, 0) is 0 Å². The molecule has 2 N–H and O–H groups in total. The van der Waals surface area contributed by atoms with E-state index in [1.807, 2.05) is 0 Å². The fourth-order valence-electron chi connectivity index (χ4n) is 4.01. The Morgan fingerprint density at radius 2 is 0.886 bits per heavy atom. The summed E-state index contributed by atoms with van der Waals surface area (Å²) in [4.78, 5) is 45.8. The van der Waals surface area contributed by atoms with E-state index in [-0.39, 0.29) is 22.5 Å². The predicted octanol–water partition coefficient (Wildman–Crippen LogP) is 7.59. The van der Waals surface area contributed by atoms with E-state index in [9.17, 15) is 29.8 Å². The lowest BCUT2D eigenvalue weighted by molar-refractivity contribution is -0.385. The van der Waals surface area contributed by atoms with Gasteiger partial charge in [-0.1, -0.05) is 18.2 Å². The first-order valence-corrected chi connectivity index (χ1v) is 13.0. The maximum absolute atomic E-state index is 12.5. The number of ether oxygens (including phenoxy) is 2. The number of carbonyl (C=O) groups is 2. The normalized spacial score (nSPS) is 10.4. The van der Waals surface area contributed by atoms with Gasteiger partial charge >= 0.3 is 0 Å². The molecular formula is C32H22N4O8. The molecule has 0 bridgehead atoms. The molecule has 0 unspecified atom stereocenters. The van der Waals surface area contributed by atoms with E-state index in [2.05, 4.69) is 10.6 Å². The van der Waals surface area contributed by atoms with Crippen LogP contribution in [0.2, 0.25) is 0 Å². The Bertz CT molecular complexity index is 1730. The highest BCUT2D eigenvalue weighted by Crippen LogP contribution is 2.30. The number of rotatable bonds is 10. The van der Waals surface area contributed by atoms with Crippen molar-refractivity contribution in [2.75, 3.05) is 10.6 Å². The summed E-state index contributed by atoms with van der Waals surface area (Å²) < 4.78 is 11.8. The van der Waals surface area contributed by atoms with Crippen molar-refractivity contribution in [1.29, 1.82) is 0 Å². The molecule has 0 radical (unpaired) electrons. The fourth-order valence-corrected chi connectivity index (χ4v) is 4.01. The summed E-state index contributed by atoms with van der Waals surface area (Å²) in [7, 11) is 0. The van der Waals surface area contributed by atoms with Crippen LogP contribution in [0.3, 0.4) is 0 Å². The van der Waals surface area contributed by atoms with Gasteiger partial charge in [-0.2, -0.15) is 0 Å². The van der Waals surface area contributed by atoms with Crippen molar-refractivity contribution in [3.05, 3.63) is 153 Å². The molecule has 0 saturated heterocycles. The second-order valence-corrected chi connectivity index (χ2v) is 9.25. The first kappa shape index (κ1) is 29.0. The Labute approximate surface area is 249 Å². The van der Waals surface area contributed by atoms with Gasteiger partial charge in [0.1, 0.15) is 23.0 Å². The number of amides is 2. The highest BCUT2D eigenvalue weighted by atomic mass is 16.6. The second-order valence-electron chi connectivity index (χ2n) is 9.25. The first-order chi connectivity index (χ1) is 21.2. The van der Waals surface area contributed by atoms with Gasteiger partial charge in [0.15, 0.2) is 0 Å². The van der Waals surface area contributed by atoms with Crippen LogP contribution in [-0.4, -0.2) is 21.7 Å². The number of hydrogen-bond donors (Lipinski definition) is 2. The molecule has 2 amide bonds. The summed E-state index contributed by atoms with van der Waals surface area (Å²) in [6.45, 7) is 0. The van der Waals surface area contributed by atoms with E-state index in [0.29, 0.717) is 34.4 Å². The van der Waals surface area contributed by atoms with Crippen molar-refractivity contribution in [2.24, 2.45) is 0 Å². The average Bonchev–Trinajstić information content (AvgIpc) is 3.03. The van der Waals surface area contributed by atoms with Crippen molar-refractivity contribution < 1.29 is 28.9 Å². The maximum atomic E-state index is 12.5. The molecule has 5 aromatic rings. The van der Waals surface area contributed by atoms with E-state index in [1.54, 1.807) is 72.8 Å². The largest absolute Gasteiger partial charge is 0.457 e. The van der Waals surface area contributed by atoms with Crippen LogP contribution in [0.5, 0.6) is 23.0 Å². The molecule has 5 rings (SSSR count). The number of nitro benzene ring substituents is 2. The number of benzene rings is 5. The zero-order valence-electron chi connectivity index (χ0n) is 22.7. The van der Waals surface area contributed by atoms with Crippen LogP contribution in [0, 0.1) is 20.2 Å². The van der Waals surface area contributed by atoms with Crippen molar-refractivity contribution in [3.63, 3.8) is 0 Å². The molecule has 0 aromatic heterocycles. The molecule has 44 heavy (non-hydrogen) atoms. The Morgan fingerprint density at radius 1 is 0.500 bits per heavy atom. The maximum Gasteiger partial charge on any atom is 0.270 e. The summed E-state index contributed by atoms with van der Waals surface area (Å²) in [6, 6.07) is 31.1. The number of nitro groups is 2. The molecule has 0 aliphatic heterocycles. The van der Waals surface area contributed by atoms with E-state index in [4.69, 9.17) is 9.47 Å². The molecule has 5 aromatic carbocycles. The fraction of sp³-hybridized carbons (Fsp3) is 0. The molecule has 12 nitrogen and oxygen atoms in total. The molecular weight excluding hydrogens is 568 g/mol. The quantitative estimate of drug-likeness (QED) is 0.124. The van der Waals surface area contributed by atoms with E-state index in [1.165, 1.54) is 48.5 Å². The van der Waals surface area contributed by atoms with E-state index >= 15 is 0 Å². The Hall–Kier alpha value is -6.56. The molecule has 12 heteroatoms. The SMILES string of the molecule is O=C(Nc1ccc(Oc2cccc(Oc3ccc(NC(=O)c4cccc([N+](=O)[O-])c4)cc3)c2)cc1)c1cccc([N+](=O)[O-])c1. The minimum atomic E-state index is -0.562. The highest BCUT2D eigenvalue weighted by molar-refractivity contribution is 6.05. The van der Waals surface area contributed by atoms with E-state index < -0.39 is 21.7 Å². The van der Waals surface area contributed by atoms with Gasteiger partial charge in [-0.15, -0.1) is 0 Å². The van der Waals surface area contributed by atoms with Gasteiger partial charge < -0.3 is 20.1 Å². The summed E-state index contributed by atoms with van der Waals surface area (Å²) in [5, 5.41) is 27.3. The topological polar surface area (TPSA) is 163 Å². The minimum absolute atomic E-state index is 0.163. The second kappa shape index (κ2) is 13.0. The number of nitrogens with zero attached hydrogens (tertiary/aromatic N) is 2. The van der Waals surface area contributed by atoms with Gasteiger partial charge in [0.05, 0.1) is 9.85 Å². The van der Waals surface area contributed by atoms with Crippen LogP contribution in [0.4, 0.5) is 22.7 Å². The van der Waals surface area contributed by atoms with Crippen LogP contribution < -0.4 is 20.1 Å². The van der Waals surface area contributed by atoms with Crippen LogP contribution >= 0.6 is 0 Å². The lowest BCUT2D eigenvalue weighted by Gasteiger charge is -2.11. The number of nitrogens with one attached hydrogen (secondary N) is 2. The number of hydrogen-bond acceptors (Lipinski definition) is 8. The van der Waals surface area contributed by atoms with Crippen LogP contribution in [0.1, 0.15) is 20.7 Å². The molecule has 0 atom stereocenters. The summed E-state index contributed by atoms with van der Waals surface area (Å²) >= 11 is 0. The van der Waals surface area contributed by atoms with Gasteiger partial charge in [0, 0.05) is 52.8 Å². The Balaban J connectivity index is 1.17. The van der Waals surface area contributed by atoms with Gasteiger partial charge in [0.25, 0.3) is 23.2 Å². The predicted molar refractivity (Wildman–Crippen MR) is 162 cm³/mol. The van der Waals surface area contributed by atoms with Gasteiger partial charge in [-0.3, -0.25) is 29.8 Å². The standard InChI is InChI=1S/C32H22N4O8/c37-31(21-4-1-6-25(18-21)35(39)40)33-23-10-14-27(15-11-23)43-29-8-3-9-30(20-29)44-28-16-12-24(13-17-28)34-32(38)22-5-2-7-26(19-22)36(41)42/h1-20H,(H,33,37)(H,34,38). The van der Waals surface area contributed by atoms with Gasteiger partial charge in [-0.05, 0) is 72.8 Å². The molecule has 0 saturated carbocycles. The molecule has 0 fully saturated rings. The van der Waals surface area contributed by atoms with Crippen molar-refractivity contribution >= 4 is 34.6 Å². The summed E-state index contributed by atoms with van der Waals surface area (Å²) in [5.41, 5.74) is 0.945. The van der Waals surface area contributed by atoms with Crippen molar-refractivity contribution in [2.45, 2.75) is 0 Å². The Morgan fingerprint density at radius 3 is 1.27 bits per heavy atom. The van der Waals surface area contributed by atoms with Crippen molar-refractivity contribution in [1.82, 2.24) is 0 Å². The lowest BCUT2D eigenvalue weighted by atomic mass is 10.2. The molecule has 218 valence electrons. The molecule has 0 aliphatic carbocycles. The number of non-ortho nitro benzene ring substituents is 2. The zero-order chi connectivity index (χ0) is 31.1. The summed E-state index contributed by atoms with van der Waals surface area (Å²) in [6.07, 6.45) is 0.